The van der Waals surface area contributed by atoms with E-state index in [1.54, 1.807) is 4.90 Å². The SMILES string of the molecule is Cc1nc(NC(=O)CN(CCCN(C)C)C(=O)C2CCC2)sc1C. The molecule has 1 aliphatic rings. The smallest absolute Gasteiger partial charge is 0.245 e. The monoisotopic (exact) mass is 352 g/mol. The molecule has 2 rings (SSSR count). The highest BCUT2D eigenvalue weighted by Crippen LogP contribution is 2.28. The number of hydrogen-bond donors (Lipinski definition) is 1. The van der Waals surface area contributed by atoms with Gasteiger partial charge in [0.25, 0.3) is 0 Å². The fourth-order valence-corrected chi connectivity index (χ4v) is 3.45. The van der Waals surface area contributed by atoms with Crippen molar-refractivity contribution in [2.24, 2.45) is 5.92 Å². The van der Waals surface area contributed by atoms with E-state index in [2.05, 4.69) is 15.2 Å². The molecule has 0 unspecified atom stereocenters. The molecule has 1 N–H and O–H groups in total. The Bertz CT molecular complexity index is 562. The first-order valence-electron chi connectivity index (χ1n) is 8.54. The maximum Gasteiger partial charge on any atom is 0.245 e. The lowest BCUT2D eigenvalue weighted by Gasteiger charge is -2.31. The van der Waals surface area contributed by atoms with E-state index in [0.717, 1.165) is 42.8 Å². The minimum absolute atomic E-state index is 0.112. The number of thiazole rings is 1. The second-order valence-corrected chi connectivity index (χ2v) is 7.96. The molecule has 1 aliphatic carbocycles. The number of anilines is 1. The number of nitrogens with zero attached hydrogens (tertiary/aromatic N) is 3. The van der Waals surface area contributed by atoms with E-state index >= 15 is 0 Å². The number of amides is 2. The second kappa shape index (κ2) is 8.58. The Hall–Kier alpha value is -1.47. The Kier molecular flexibility index (Phi) is 6.74. The predicted molar refractivity (Wildman–Crippen MR) is 97.3 cm³/mol. The third-order valence-electron chi connectivity index (χ3n) is 4.41. The second-order valence-electron chi connectivity index (χ2n) is 6.75. The molecule has 0 aromatic carbocycles. The Morgan fingerprint density at radius 2 is 1.96 bits per heavy atom. The van der Waals surface area contributed by atoms with Crippen LogP contribution in [-0.2, 0) is 9.59 Å². The minimum Gasteiger partial charge on any atom is -0.333 e. The number of nitrogens with one attached hydrogen (secondary N) is 1. The number of aryl methyl sites for hydroxylation is 2. The zero-order valence-electron chi connectivity index (χ0n) is 15.1. The van der Waals surface area contributed by atoms with E-state index in [-0.39, 0.29) is 24.3 Å². The van der Waals surface area contributed by atoms with Gasteiger partial charge in [0.05, 0.1) is 12.2 Å². The normalized spacial score (nSPS) is 14.5. The van der Waals surface area contributed by atoms with Gasteiger partial charge in [-0.2, -0.15) is 0 Å². The predicted octanol–water partition coefficient (Wildman–Crippen LogP) is 2.28. The summed E-state index contributed by atoms with van der Waals surface area (Å²) in [5.41, 5.74) is 0.934. The summed E-state index contributed by atoms with van der Waals surface area (Å²) < 4.78 is 0. The van der Waals surface area contributed by atoms with E-state index < -0.39 is 0 Å². The zero-order valence-corrected chi connectivity index (χ0v) is 15.9. The molecule has 0 aliphatic heterocycles. The zero-order chi connectivity index (χ0) is 17.7. The number of carbonyl (C=O) groups is 2. The van der Waals surface area contributed by atoms with Gasteiger partial charge < -0.3 is 15.1 Å². The van der Waals surface area contributed by atoms with E-state index in [0.29, 0.717) is 11.7 Å². The summed E-state index contributed by atoms with van der Waals surface area (Å²) in [5, 5.41) is 3.44. The molecule has 1 aromatic heterocycles. The number of carbonyl (C=O) groups excluding carboxylic acids is 2. The lowest BCUT2D eigenvalue weighted by Crippen LogP contribution is -2.44. The molecule has 1 fully saturated rings. The van der Waals surface area contributed by atoms with Crippen LogP contribution in [0, 0.1) is 19.8 Å². The van der Waals surface area contributed by atoms with Crippen molar-refractivity contribution in [3.63, 3.8) is 0 Å². The molecule has 6 nitrogen and oxygen atoms in total. The van der Waals surface area contributed by atoms with Crippen LogP contribution in [0.2, 0.25) is 0 Å². The van der Waals surface area contributed by atoms with Gasteiger partial charge in [-0.05, 0) is 53.8 Å². The van der Waals surface area contributed by atoms with Gasteiger partial charge in [0.15, 0.2) is 5.13 Å². The number of rotatable bonds is 8. The van der Waals surface area contributed by atoms with Crippen molar-refractivity contribution < 1.29 is 9.59 Å². The van der Waals surface area contributed by atoms with Crippen molar-refractivity contribution >= 4 is 28.3 Å². The van der Waals surface area contributed by atoms with Gasteiger partial charge in [-0.1, -0.05) is 6.42 Å². The summed E-state index contributed by atoms with van der Waals surface area (Å²) in [7, 11) is 4.02. The largest absolute Gasteiger partial charge is 0.333 e. The van der Waals surface area contributed by atoms with Crippen molar-refractivity contribution in [1.82, 2.24) is 14.8 Å². The maximum atomic E-state index is 12.6. The summed E-state index contributed by atoms with van der Waals surface area (Å²) in [6.45, 7) is 5.55. The molecule has 24 heavy (non-hydrogen) atoms. The van der Waals surface area contributed by atoms with Crippen molar-refractivity contribution in [2.75, 3.05) is 39.0 Å². The van der Waals surface area contributed by atoms with Crippen LogP contribution >= 0.6 is 11.3 Å². The molecule has 1 aromatic rings. The first-order valence-corrected chi connectivity index (χ1v) is 9.36. The standard InChI is InChI=1S/C17H28N4O2S/c1-12-13(2)24-17(18-12)19-15(22)11-21(10-6-9-20(3)4)16(23)14-7-5-8-14/h14H,5-11H2,1-4H3,(H,18,19,22). The lowest BCUT2D eigenvalue weighted by atomic mass is 9.84. The average Bonchev–Trinajstić information content (AvgIpc) is 2.73. The Morgan fingerprint density at radius 3 is 2.46 bits per heavy atom. The molecule has 0 atom stereocenters. The van der Waals surface area contributed by atoms with Gasteiger partial charge in [0.2, 0.25) is 11.8 Å². The van der Waals surface area contributed by atoms with Crippen LogP contribution in [0.25, 0.3) is 0 Å². The average molecular weight is 353 g/mol. The van der Waals surface area contributed by atoms with E-state index in [1.165, 1.54) is 11.3 Å². The molecule has 0 radical (unpaired) electrons. The van der Waals surface area contributed by atoms with Gasteiger partial charge in [-0.25, -0.2) is 4.98 Å². The minimum atomic E-state index is -0.165. The van der Waals surface area contributed by atoms with Crippen LogP contribution in [0.5, 0.6) is 0 Å². The van der Waals surface area contributed by atoms with E-state index in [1.807, 2.05) is 27.9 Å². The highest BCUT2D eigenvalue weighted by Gasteiger charge is 2.30. The Balaban J connectivity index is 1.92. The first kappa shape index (κ1) is 18.9. The van der Waals surface area contributed by atoms with Crippen LogP contribution in [0.3, 0.4) is 0 Å². The molecule has 7 heteroatoms. The highest BCUT2D eigenvalue weighted by molar-refractivity contribution is 7.15. The van der Waals surface area contributed by atoms with Gasteiger partial charge in [0.1, 0.15) is 0 Å². The molecule has 0 saturated heterocycles. The summed E-state index contributed by atoms with van der Waals surface area (Å²) in [5.74, 6) is 0.0736. The highest BCUT2D eigenvalue weighted by atomic mass is 32.1. The molecule has 1 heterocycles. The first-order chi connectivity index (χ1) is 11.4. The van der Waals surface area contributed by atoms with Crippen molar-refractivity contribution in [3.8, 4) is 0 Å². The molecule has 134 valence electrons. The van der Waals surface area contributed by atoms with Crippen LogP contribution in [-0.4, -0.2) is 60.3 Å². The number of aromatic nitrogens is 1. The maximum absolute atomic E-state index is 12.6. The van der Waals surface area contributed by atoms with Crippen molar-refractivity contribution in [2.45, 2.75) is 39.5 Å². The van der Waals surface area contributed by atoms with Crippen LogP contribution in [0.15, 0.2) is 0 Å². The Labute approximate surface area is 148 Å². The van der Waals surface area contributed by atoms with Crippen LogP contribution in [0.4, 0.5) is 5.13 Å². The third-order valence-corrected chi connectivity index (χ3v) is 5.40. The molecule has 0 bridgehead atoms. The van der Waals surface area contributed by atoms with Gasteiger partial charge in [-0.3, -0.25) is 9.59 Å². The Morgan fingerprint density at radius 1 is 1.25 bits per heavy atom. The molecular formula is C17H28N4O2S. The fraction of sp³-hybridized carbons (Fsp3) is 0.706. The van der Waals surface area contributed by atoms with Crippen molar-refractivity contribution in [1.29, 1.82) is 0 Å². The molecule has 0 spiro atoms. The summed E-state index contributed by atoms with van der Waals surface area (Å²) >= 11 is 1.47. The van der Waals surface area contributed by atoms with Crippen LogP contribution < -0.4 is 5.32 Å². The third kappa shape index (κ3) is 5.27. The fourth-order valence-electron chi connectivity index (χ4n) is 2.62. The summed E-state index contributed by atoms with van der Waals surface area (Å²) in [6, 6.07) is 0. The molecule has 2 amide bonds. The summed E-state index contributed by atoms with van der Waals surface area (Å²) in [4.78, 5) is 34.1. The van der Waals surface area contributed by atoms with Gasteiger partial charge >= 0.3 is 0 Å². The van der Waals surface area contributed by atoms with Crippen molar-refractivity contribution in [3.05, 3.63) is 10.6 Å². The molecule has 1 saturated carbocycles. The van der Waals surface area contributed by atoms with Gasteiger partial charge in [-0.15, -0.1) is 11.3 Å². The topological polar surface area (TPSA) is 65.5 Å². The van der Waals surface area contributed by atoms with Gasteiger partial charge in [0, 0.05) is 17.3 Å². The quantitative estimate of drug-likeness (QED) is 0.779. The summed E-state index contributed by atoms with van der Waals surface area (Å²) in [6.07, 6.45) is 3.89. The number of hydrogen-bond acceptors (Lipinski definition) is 5. The van der Waals surface area contributed by atoms with Crippen LogP contribution in [0.1, 0.15) is 36.3 Å². The molecular weight excluding hydrogens is 324 g/mol. The lowest BCUT2D eigenvalue weighted by molar-refractivity contribution is -0.140. The van der Waals surface area contributed by atoms with E-state index in [4.69, 9.17) is 0 Å². The van der Waals surface area contributed by atoms with E-state index in [9.17, 15) is 9.59 Å².